The van der Waals surface area contributed by atoms with Crippen LogP contribution in [0.4, 0.5) is 0 Å². The highest BCUT2D eigenvalue weighted by Gasteiger charge is 1.99. The van der Waals surface area contributed by atoms with E-state index in [2.05, 4.69) is 33.9 Å². The van der Waals surface area contributed by atoms with Crippen LogP contribution in [0, 0.1) is 39.5 Å². The Morgan fingerprint density at radius 1 is 0.750 bits per heavy atom. The fourth-order valence-corrected chi connectivity index (χ4v) is 1.84. The standard InChI is InChI=1S/C14H16N2/c1-9-7-13(11(3)15-9)5-6-14-8-10(2)16-12(14)4/h7-8,15-16H,1-4H3. The summed E-state index contributed by atoms with van der Waals surface area (Å²) in [6, 6.07) is 4.16. The maximum absolute atomic E-state index is 3.25. The fraction of sp³-hybridized carbons (Fsp3) is 0.286. The van der Waals surface area contributed by atoms with Gasteiger partial charge in [-0.25, -0.2) is 0 Å². The minimum absolute atomic E-state index is 1.08. The molecule has 2 aromatic heterocycles. The first-order valence-electron chi connectivity index (χ1n) is 5.40. The SMILES string of the molecule is Cc1cc(C#Cc2cc(C)[nH]c2C)c(C)[nH]1. The molecule has 0 unspecified atom stereocenters. The van der Waals surface area contributed by atoms with Gasteiger partial charge in [-0.3, -0.25) is 0 Å². The molecular formula is C14H16N2. The Bertz CT molecular complexity index is 523. The van der Waals surface area contributed by atoms with Crippen molar-refractivity contribution in [1.82, 2.24) is 9.97 Å². The topological polar surface area (TPSA) is 31.6 Å². The maximum Gasteiger partial charge on any atom is 0.0456 e. The van der Waals surface area contributed by atoms with E-state index in [0.717, 1.165) is 33.9 Å². The Morgan fingerprint density at radius 3 is 1.38 bits per heavy atom. The molecule has 0 aromatic carbocycles. The molecule has 0 fully saturated rings. The minimum Gasteiger partial charge on any atom is -0.362 e. The molecule has 2 heterocycles. The van der Waals surface area contributed by atoms with Crippen molar-refractivity contribution in [3.05, 3.63) is 46.0 Å². The molecule has 82 valence electrons. The molecular weight excluding hydrogens is 196 g/mol. The Kier molecular flexibility index (Phi) is 2.62. The molecule has 2 rings (SSSR count). The lowest BCUT2D eigenvalue weighted by atomic mass is 10.2. The molecule has 0 aliphatic rings. The second-order valence-corrected chi connectivity index (χ2v) is 4.23. The Labute approximate surface area is 96.1 Å². The van der Waals surface area contributed by atoms with Crippen LogP contribution in [0.3, 0.4) is 0 Å². The third-order valence-corrected chi connectivity index (χ3v) is 2.63. The van der Waals surface area contributed by atoms with Crippen molar-refractivity contribution in [3.8, 4) is 11.8 Å². The lowest BCUT2D eigenvalue weighted by Gasteiger charge is -1.87. The predicted octanol–water partition coefficient (Wildman–Crippen LogP) is 2.98. The van der Waals surface area contributed by atoms with Crippen molar-refractivity contribution in [3.63, 3.8) is 0 Å². The first-order valence-corrected chi connectivity index (χ1v) is 5.40. The molecule has 0 aliphatic carbocycles. The van der Waals surface area contributed by atoms with E-state index >= 15 is 0 Å². The summed E-state index contributed by atoms with van der Waals surface area (Å²) in [5.41, 5.74) is 6.74. The zero-order valence-corrected chi connectivity index (χ0v) is 10.2. The van der Waals surface area contributed by atoms with Crippen LogP contribution in [0.5, 0.6) is 0 Å². The van der Waals surface area contributed by atoms with Gasteiger partial charge in [0.1, 0.15) is 0 Å². The van der Waals surface area contributed by atoms with Crippen LogP contribution in [0.1, 0.15) is 33.9 Å². The molecule has 16 heavy (non-hydrogen) atoms. The third kappa shape index (κ3) is 2.04. The number of aromatic nitrogens is 2. The molecule has 0 bridgehead atoms. The van der Waals surface area contributed by atoms with Gasteiger partial charge >= 0.3 is 0 Å². The Hall–Kier alpha value is -1.88. The van der Waals surface area contributed by atoms with Crippen molar-refractivity contribution in [2.24, 2.45) is 0 Å². The second-order valence-electron chi connectivity index (χ2n) is 4.23. The summed E-state index contributed by atoms with van der Waals surface area (Å²) >= 11 is 0. The highest BCUT2D eigenvalue weighted by molar-refractivity contribution is 5.47. The highest BCUT2D eigenvalue weighted by atomic mass is 14.7. The van der Waals surface area contributed by atoms with Gasteiger partial charge in [-0.05, 0) is 39.8 Å². The largest absolute Gasteiger partial charge is 0.362 e. The monoisotopic (exact) mass is 212 g/mol. The molecule has 0 aliphatic heterocycles. The summed E-state index contributed by atoms with van der Waals surface area (Å²) < 4.78 is 0. The van der Waals surface area contributed by atoms with Gasteiger partial charge in [-0.15, -0.1) is 0 Å². The van der Waals surface area contributed by atoms with E-state index in [9.17, 15) is 0 Å². The summed E-state index contributed by atoms with van der Waals surface area (Å²) in [7, 11) is 0. The minimum atomic E-state index is 1.08. The van der Waals surface area contributed by atoms with Gasteiger partial charge in [-0.1, -0.05) is 11.8 Å². The summed E-state index contributed by atoms with van der Waals surface area (Å²) in [5, 5.41) is 0. The molecule has 0 radical (unpaired) electrons. The van der Waals surface area contributed by atoms with Crippen LogP contribution in [0.15, 0.2) is 12.1 Å². The fourth-order valence-electron chi connectivity index (χ4n) is 1.84. The van der Waals surface area contributed by atoms with Gasteiger partial charge in [0.05, 0.1) is 0 Å². The zero-order chi connectivity index (χ0) is 11.7. The van der Waals surface area contributed by atoms with E-state index in [-0.39, 0.29) is 0 Å². The van der Waals surface area contributed by atoms with E-state index in [1.54, 1.807) is 0 Å². The number of aromatic amines is 2. The van der Waals surface area contributed by atoms with Gasteiger partial charge < -0.3 is 9.97 Å². The first kappa shape index (κ1) is 10.6. The first-order chi connectivity index (χ1) is 7.56. The average Bonchev–Trinajstić information content (AvgIpc) is 2.66. The predicted molar refractivity (Wildman–Crippen MR) is 66.5 cm³/mol. The molecule has 2 heteroatoms. The summed E-state index contributed by atoms with van der Waals surface area (Å²) in [6.45, 7) is 8.19. The Balaban J connectivity index is 2.35. The smallest absolute Gasteiger partial charge is 0.0456 e. The van der Waals surface area contributed by atoms with Gasteiger partial charge in [0, 0.05) is 33.9 Å². The number of hydrogen-bond donors (Lipinski definition) is 2. The number of H-pyrrole nitrogens is 2. The lowest BCUT2D eigenvalue weighted by molar-refractivity contribution is 1.18. The van der Waals surface area contributed by atoms with Crippen LogP contribution >= 0.6 is 0 Å². The number of nitrogens with one attached hydrogen (secondary N) is 2. The number of hydrogen-bond acceptors (Lipinski definition) is 0. The molecule has 0 atom stereocenters. The molecule has 0 spiro atoms. The molecule has 2 N–H and O–H groups in total. The molecule has 0 amide bonds. The van der Waals surface area contributed by atoms with Crippen molar-refractivity contribution in [2.75, 3.05) is 0 Å². The van der Waals surface area contributed by atoms with E-state index in [1.807, 2.05) is 27.7 Å². The highest BCUT2D eigenvalue weighted by Crippen LogP contribution is 2.10. The lowest BCUT2D eigenvalue weighted by Crippen LogP contribution is -1.78. The van der Waals surface area contributed by atoms with Crippen LogP contribution < -0.4 is 0 Å². The van der Waals surface area contributed by atoms with Crippen molar-refractivity contribution < 1.29 is 0 Å². The van der Waals surface area contributed by atoms with Crippen molar-refractivity contribution in [2.45, 2.75) is 27.7 Å². The average molecular weight is 212 g/mol. The summed E-state index contributed by atoms with van der Waals surface area (Å²) in [6.07, 6.45) is 0. The van der Waals surface area contributed by atoms with E-state index in [4.69, 9.17) is 0 Å². The van der Waals surface area contributed by atoms with Gasteiger partial charge in [0.15, 0.2) is 0 Å². The van der Waals surface area contributed by atoms with Crippen LogP contribution in [-0.4, -0.2) is 9.97 Å². The van der Waals surface area contributed by atoms with Gasteiger partial charge in [-0.2, -0.15) is 0 Å². The quantitative estimate of drug-likeness (QED) is 0.629. The van der Waals surface area contributed by atoms with Crippen molar-refractivity contribution >= 4 is 0 Å². The van der Waals surface area contributed by atoms with Gasteiger partial charge in [0.2, 0.25) is 0 Å². The number of rotatable bonds is 0. The molecule has 0 saturated heterocycles. The maximum atomic E-state index is 3.25. The summed E-state index contributed by atoms with van der Waals surface area (Å²) in [5.74, 6) is 6.41. The van der Waals surface area contributed by atoms with Crippen LogP contribution in [-0.2, 0) is 0 Å². The third-order valence-electron chi connectivity index (χ3n) is 2.63. The summed E-state index contributed by atoms with van der Waals surface area (Å²) in [4.78, 5) is 6.51. The van der Waals surface area contributed by atoms with E-state index in [0.29, 0.717) is 0 Å². The van der Waals surface area contributed by atoms with Gasteiger partial charge in [0.25, 0.3) is 0 Å². The van der Waals surface area contributed by atoms with E-state index < -0.39 is 0 Å². The zero-order valence-electron chi connectivity index (χ0n) is 10.2. The van der Waals surface area contributed by atoms with Crippen LogP contribution in [0.25, 0.3) is 0 Å². The normalized spacial score (nSPS) is 10.0. The molecule has 0 saturated carbocycles. The van der Waals surface area contributed by atoms with Crippen molar-refractivity contribution in [1.29, 1.82) is 0 Å². The number of aryl methyl sites for hydroxylation is 4. The second kappa shape index (κ2) is 3.94. The Morgan fingerprint density at radius 2 is 1.12 bits per heavy atom. The molecule has 2 aromatic rings. The molecule has 2 nitrogen and oxygen atoms in total. The van der Waals surface area contributed by atoms with Crippen LogP contribution in [0.2, 0.25) is 0 Å². The van der Waals surface area contributed by atoms with E-state index in [1.165, 1.54) is 0 Å².